The molecule has 1 aromatic heterocycles. The van der Waals surface area contributed by atoms with Crippen molar-refractivity contribution in [1.29, 1.82) is 0 Å². The van der Waals surface area contributed by atoms with Gasteiger partial charge in [-0.1, -0.05) is 23.4 Å². The Morgan fingerprint density at radius 3 is 2.17 bits per heavy atom. The molecule has 6 heteroatoms. The van der Waals surface area contributed by atoms with Gasteiger partial charge in [0.05, 0.1) is 21.3 Å². The summed E-state index contributed by atoms with van der Waals surface area (Å²) in [5.74, 6) is 2.51. The van der Waals surface area contributed by atoms with E-state index in [9.17, 15) is 0 Å². The lowest BCUT2D eigenvalue weighted by atomic mass is 10.1. The minimum absolute atomic E-state index is 0.451. The molecule has 0 unspecified atom stereocenters. The minimum atomic E-state index is 0.451. The van der Waals surface area contributed by atoms with Gasteiger partial charge in [0.25, 0.3) is 5.89 Å². The number of rotatable bonds is 5. The number of ether oxygens (including phenoxy) is 3. The summed E-state index contributed by atoms with van der Waals surface area (Å²) in [4.78, 5) is 4.49. The first-order valence-corrected chi connectivity index (χ1v) is 7.38. The average Bonchev–Trinajstić information content (AvgIpc) is 3.10. The van der Waals surface area contributed by atoms with E-state index < -0.39 is 0 Å². The van der Waals surface area contributed by atoms with Gasteiger partial charge >= 0.3 is 0 Å². The third kappa shape index (κ3) is 2.78. The van der Waals surface area contributed by atoms with Gasteiger partial charge in [-0.15, -0.1) is 0 Å². The lowest BCUT2D eigenvalue weighted by molar-refractivity contribution is 0.324. The van der Waals surface area contributed by atoms with Crippen molar-refractivity contribution in [3.8, 4) is 40.1 Å². The molecule has 0 aliphatic rings. The molecule has 0 saturated heterocycles. The molecule has 0 spiro atoms. The number of hydrogen-bond acceptors (Lipinski definition) is 6. The second-order valence-corrected chi connectivity index (χ2v) is 5.15. The van der Waals surface area contributed by atoms with Crippen LogP contribution >= 0.6 is 0 Å². The van der Waals surface area contributed by atoms with Crippen LogP contribution in [0.4, 0.5) is 0 Å². The second kappa shape index (κ2) is 6.62. The fourth-order valence-electron chi connectivity index (χ4n) is 2.47. The molecule has 6 nitrogen and oxygen atoms in total. The van der Waals surface area contributed by atoms with Gasteiger partial charge < -0.3 is 18.7 Å². The van der Waals surface area contributed by atoms with Crippen LogP contribution in [0.25, 0.3) is 22.8 Å². The maximum absolute atomic E-state index is 5.42. The Balaban J connectivity index is 2.06. The van der Waals surface area contributed by atoms with Crippen LogP contribution in [0.1, 0.15) is 5.56 Å². The summed E-state index contributed by atoms with van der Waals surface area (Å²) in [5.41, 5.74) is 2.69. The topological polar surface area (TPSA) is 66.6 Å². The fourth-order valence-corrected chi connectivity index (χ4v) is 2.47. The molecule has 0 atom stereocenters. The number of benzene rings is 2. The van der Waals surface area contributed by atoms with Crippen LogP contribution in [-0.2, 0) is 0 Å². The van der Waals surface area contributed by atoms with Gasteiger partial charge in [-0.05, 0) is 30.7 Å². The summed E-state index contributed by atoms with van der Waals surface area (Å²) < 4.78 is 21.5. The van der Waals surface area contributed by atoms with Crippen molar-refractivity contribution >= 4 is 0 Å². The maximum Gasteiger partial charge on any atom is 0.258 e. The van der Waals surface area contributed by atoms with Crippen molar-refractivity contribution in [2.24, 2.45) is 0 Å². The highest BCUT2D eigenvalue weighted by Gasteiger charge is 2.18. The van der Waals surface area contributed by atoms with Gasteiger partial charge in [-0.3, -0.25) is 0 Å². The van der Waals surface area contributed by atoms with Crippen LogP contribution < -0.4 is 14.2 Å². The summed E-state index contributed by atoms with van der Waals surface area (Å²) >= 11 is 0. The summed E-state index contributed by atoms with van der Waals surface area (Å²) in [6, 6.07) is 11.4. The third-order valence-electron chi connectivity index (χ3n) is 3.72. The van der Waals surface area contributed by atoms with E-state index in [2.05, 4.69) is 10.1 Å². The maximum atomic E-state index is 5.42. The number of aromatic nitrogens is 2. The van der Waals surface area contributed by atoms with E-state index in [1.54, 1.807) is 33.5 Å². The largest absolute Gasteiger partial charge is 0.493 e. The number of hydrogen-bond donors (Lipinski definition) is 0. The molecule has 0 amide bonds. The molecule has 0 radical (unpaired) electrons. The molecule has 0 fully saturated rings. The Labute approximate surface area is 140 Å². The van der Waals surface area contributed by atoms with Gasteiger partial charge in [0.15, 0.2) is 11.5 Å². The second-order valence-electron chi connectivity index (χ2n) is 5.15. The molecule has 0 aliphatic heterocycles. The van der Waals surface area contributed by atoms with Gasteiger partial charge in [-0.25, -0.2) is 0 Å². The smallest absolute Gasteiger partial charge is 0.258 e. The lowest BCUT2D eigenvalue weighted by Crippen LogP contribution is -1.96. The lowest BCUT2D eigenvalue weighted by Gasteiger charge is -2.12. The van der Waals surface area contributed by atoms with Crippen molar-refractivity contribution in [2.75, 3.05) is 21.3 Å². The van der Waals surface area contributed by atoms with E-state index in [4.69, 9.17) is 18.7 Å². The normalized spacial score (nSPS) is 10.5. The molecule has 3 rings (SSSR count). The van der Waals surface area contributed by atoms with E-state index in [0.29, 0.717) is 34.5 Å². The van der Waals surface area contributed by atoms with E-state index in [1.807, 2.05) is 31.2 Å². The molecule has 24 heavy (non-hydrogen) atoms. The molecule has 0 saturated carbocycles. The SMILES string of the molecule is COc1cc(-c2noc(-c3ccccc3C)n2)cc(OC)c1OC. The molecular weight excluding hydrogens is 308 g/mol. The Morgan fingerprint density at radius 2 is 1.58 bits per heavy atom. The summed E-state index contributed by atoms with van der Waals surface area (Å²) in [6.45, 7) is 2.00. The fraction of sp³-hybridized carbons (Fsp3) is 0.222. The van der Waals surface area contributed by atoms with E-state index in [0.717, 1.165) is 11.1 Å². The summed E-state index contributed by atoms with van der Waals surface area (Å²) in [7, 11) is 4.69. The molecule has 124 valence electrons. The van der Waals surface area contributed by atoms with Crippen LogP contribution in [0.2, 0.25) is 0 Å². The summed E-state index contributed by atoms with van der Waals surface area (Å²) in [6.07, 6.45) is 0. The molecular formula is C18H18N2O4. The van der Waals surface area contributed by atoms with Crippen LogP contribution in [0.5, 0.6) is 17.2 Å². The van der Waals surface area contributed by atoms with Crippen LogP contribution in [0.3, 0.4) is 0 Å². The number of methoxy groups -OCH3 is 3. The molecule has 2 aromatic carbocycles. The van der Waals surface area contributed by atoms with Crippen molar-refractivity contribution in [3.05, 3.63) is 42.0 Å². The van der Waals surface area contributed by atoms with Gasteiger partial charge in [0.1, 0.15) is 0 Å². The van der Waals surface area contributed by atoms with Crippen LogP contribution in [0, 0.1) is 6.92 Å². The Kier molecular flexibility index (Phi) is 4.37. The first-order chi connectivity index (χ1) is 11.7. The average molecular weight is 326 g/mol. The Hall–Kier alpha value is -3.02. The highest BCUT2D eigenvalue weighted by molar-refractivity contribution is 5.68. The third-order valence-corrected chi connectivity index (χ3v) is 3.72. The van der Waals surface area contributed by atoms with Gasteiger partial charge in [0.2, 0.25) is 11.6 Å². The molecule has 3 aromatic rings. The molecule has 1 heterocycles. The van der Waals surface area contributed by atoms with Crippen LogP contribution in [-0.4, -0.2) is 31.5 Å². The van der Waals surface area contributed by atoms with Crippen molar-refractivity contribution in [2.45, 2.75) is 6.92 Å². The van der Waals surface area contributed by atoms with E-state index in [1.165, 1.54) is 0 Å². The zero-order chi connectivity index (χ0) is 17.1. The van der Waals surface area contributed by atoms with Crippen molar-refractivity contribution < 1.29 is 18.7 Å². The predicted octanol–water partition coefficient (Wildman–Crippen LogP) is 3.74. The quantitative estimate of drug-likeness (QED) is 0.711. The van der Waals surface area contributed by atoms with Gasteiger partial charge in [-0.2, -0.15) is 4.98 Å². The van der Waals surface area contributed by atoms with Crippen molar-refractivity contribution in [3.63, 3.8) is 0 Å². The Morgan fingerprint density at radius 1 is 0.917 bits per heavy atom. The van der Waals surface area contributed by atoms with E-state index >= 15 is 0 Å². The highest BCUT2D eigenvalue weighted by Crippen LogP contribution is 2.40. The highest BCUT2D eigenvalue weighted by atomic mass is 16.5. The van der Waals surface area contributed by atoms with Crippen molar-refractivity contribution in [1.82, 2.24) is 10.1 Å². The number of nitrogens with zero attached hydrogens (tertiary/aromatic N) is 2. The zero-order valence-electron chi connectivity index (χ0n) is 14.0. The van der Waals surface area contributed by atoms with Gasteiger partial charge in [0, 0.05) is 11.1 Å². The van der Waals surface area contributed by atoms with Crippen LogP contribution in [0.15, 0.2) is 40.9 Å². The first-order valence-electron chi connectivity index (χ1n) is 7.38. The predicted molar refractivity (Wildman–Crippen MR) is 89.6 cm³/mol. The summed E-state index contributed by atoms with van der Waals surface area (Å²) in [5, 5.41) is 4.07. The first kappa shape index (κ1) is 15.9. The molecule has 0 aliphatic carbocycles. The number of aryl methyl sites for hydroxylation is 1. The monoisotopic (exact) mass is 326 g/mol. The Bertz CT molecular complexity index is 833. The standard InChI is InChI=1S/C18H18N2O4/c1-11-7-5-6-8-13(11)18-19-17(20-24-18)12-9-14(21-2)16(23-4)15(10-12)22-3/h5-10H,1-4H3. The zero-order valence-corrected chi connectivity index (χ0v) is 14.0. The van der Waals surface area contributed by atoms with E-state index in [-0.39, 0.29) is 0 Å². The minimum Gasteiger partial charge on any atom is -0.493 e. The molecule has 0 N–H and O–H groups in total. The molecule has 0 bridgehead atoms.